The van der Waals surface area contributed by atoms with Crippen LogP contribution in [0.2, 0.25) is 5.02 Å². The highest BCUT2D eigenvalue weighted by molar-refractivity contribution is 7.85. The van der Waals surface area contributed by atoms with E-state index in [1.807, 2.05) is 0 Å². The standard InChI is InChI=1S/C11H15ClN2O3S/c1-17-4-5-18(16)7-11(15)14-10-3-2-8(13)6-9(10)12/h2-3,6H,4-5,7,13H2,1H3,(H,14,15). The first-order valence-corrected chi connectivity index (χ1v) is 7.08. The molecule has 0 spiro atoms. The van der Waals surface area contributed by atoms with E-state index in [4.69, 9.17) is 22.1 Å². The van der Waals surface area contributed by atoms with Crippen LogP contribution in [0, 0.1) is 0 Å². The van der Waals surface area contributed by atoms with Gasteiger partial charge in [-0.1, -0.05) is 11.6 Å². The molecule has 3 N–H and O–H groups in total. The Labute approximate surface area is 113 Å². The first-order valence-electron chi connectivity index (χ1n) is 5.21. The van der Waals surface area contributed by atoms with Crippen molar-refractivity contribution in [3.63, 3.8) is 0 Å². The number of benzene rings is 1. The van der Waals surface area contributed by atoms with E-state index in [0.717, 1.165) is 0 Å². The van der Waals surface area contributed by atoms with Gasteiger partial charge in [-0.2, -0.15) is 0 Å². The summed E-state index contributed by atoms with van der Waals surface area (Å²) >= 11 is 5.90. The highest BCUT2D eigenvalue weighted by Gasteiger charge is 2.10. The summed E-state index contributed by atoms with van der Waals surface area (Å²) in [6.45, 7) is 0.364. The molecule has 0 fully saturated rings. The predicted molar refractivity (Wildman–Crippen MR) is 74.2 cm³/mol. The number of rotatable bonds is 6. The number of nitrogens with one attached hydrogen (secondary N) is 1. The number of amides is 1. The van der Waals surface area contributed by atoms with Crippen LogP contribution in [0.25, 0.3) is 0 Å². The zero-order valence-corrected chi connectivity index (χ0v) is 11.5. The molecule has 0 aliphatic carbocycles. The van der Waals surface area contributed by atoms with Crippen LogP contribution in [-0.2, 0) is 20.3 Å². The molecule has 1 atom stereocenters. The number of carbonyl (C=O) groups excluding carboxylic acids is 1. The molecular weight excluding hydrogens is 276 g/mol. The molecule has 18 heavy (non-hydrogen) atoms. The van der Waals surface area contributed by atoms with Crippen molar-refractivity contribution in [1.82, 2.24) is 0 Å². The Morgan fingerprint density at radius 2 is 2.28 bits per heavy atom. The molecule has 1 aromatic carbocycles. The summed E-state index contributed by atoms with van der Waals surface area (Å²) in [7, 11) is 0.280. The van der Waals surface area contributed by atoms with Crippen LogP contribution >= 0.6 is 11.6 Å². The van der Waals surface area contributed by atoms with Crippen molar-refractivity contribution in [2.75, 3.05) is 36.3 Å². The Kier molecular flexibility index (Phi) is 6.11. The number of hydrogen-bond donors (Lipinski definition) is 2. The molecule has 1 aromatic rings. The number of nitrogens with two attached hydrogens (primary N) is 1. The van der Waals surface area contributed by atoms with Gasteiger partial charge in [-0.05, 0) is 18.2 Å². The number of ether oxygens (including phenoxy) is 1. The fraction of sp³-hybridized carbons (Fsp3) is 0.364. The van der Waals surface area contributed by atoms with E-state index < -0.39 is 10.8 Å². The van der Waals surface area contributed by atoms with Crippen molar-refractivity contribution >= 4 is 39.7 Å². The Bertz CT molecular complexity index is 454. The van der Waals surface area contributed by atoms with Gasteiger partial charge in [-0.3, -0.25) is 9.00 Å². The van der Waals surface area contributed by atoms with Gasteiger partial charge in [-0.15, -0.1) is 0 Å². The summed E-state index contributed by atoms with van der Waals surface area (Å²) in [5.41, 5.74) is 6.51. The molecule has 1 unspecified atom stereocenters. The van der Waals surface area contributed by atoms with Crippen molar-refractivity contribution in [2.24, 2.45) is 0 Å². The molecule has 0 aromatic heterocycles. The normalized spacial score (nSPS) is 12.1. The van der Waals surface area contributed by atoms with Crippen LogP contribution < -0.4 is 11.1 Å². The lowest BCUT2D eigenvalue weighted by Gasteiger charge is -2.07. The van der Waals surface area contributed by atoms with Gasteiger partial charge in [0.15, 0.2) is 0 Å². The van der Waals surface area contributed by atoms with Crippen molar-refractivity contribution < 1.29 is 13.7 Å². The fourth-order valence-electron chi connectivity index (χ4n) is 1.21. The van der Waals surface area contributed by atoms with Crippen molar-refractivity contribution in [2.45, 2.75) is 0 Å². The molecule has 0 bridgehead atoms. The van der Waals surface area contributed by atoms with Crippen LogP contribution in [0.15, 0.2) is 18.2 Å². The number of carbonyl (C=O) groups is 1. The lowest BCUT2D eigenvalue weighted by Crippen LogP contribution is -2.22. The topological polar surface area (TPSA) is 81.4 Å². The molecule has 0 aliphatic heterocycles. The van der Waals surface area contributed by atoms with Gasteiger partial charge in [0.2, 0.25) is 5.91 Å². The Hall–Kier alpha value is -1.11. The zero-order valence-electron chi connectivity index (χ0n) is 9.94. The van der Waals surface area contributed by atoms with Crippen LogP contribution in [0.5, 0.6) is 0 Å². The minimum Gasteiger partial charge on any atom is -0.399 e. The highest BCUT2D eigenvalue weighted by Crippen LogP contribution is 2.23. The third kappa shape index (κ3) is 5.03. The van der Waals surface area contributed by atoms with E-state index in [0.29, 0.717) is 28.8 Å². The van der Waals surface area contributed by atoms with Crippen molar-refractivity contribution in [3.05, 3.63) is 23.2 Å². The van der Waals surface area contributed by atoms with E-state index in [-0.39, 0.29) is 11.7 Å². The van der Waals surface area contributed by atoms with E-state index in [2.05, 4.69) is 5.32 Å². The van der Waals surface area contributed by atoms with Crippen molar-refractivity contribution in [3.8, 4) is 0 Å². The fourth-order valence-corrected chi connectivity index (χ4v) is 2.31. The van der Waals surface area contributed by atoms with Crippen LogP contribution in [-0.4, -0.2) is 35.3 Å². The minimum atomic E-state index is -1.24. The molecule has 0 heterocycles. The highest BCUT2D eigenvalue weighted by atomic mass is 35.5. The Balaban J connectivity index is 2.51. The average molecular weight is 291 g/mol. The van der Waals surface area contributed by atoms with E-state index in [1.165, 1.54) is 7.11 Å². The quantitative estimate of drug-likeness (QED) is 0.773. The van der Waals surface area contributed by atoms with Crippen molar-refractivity contribution in [1.29, 1.82) is 0 Å². The molecule has 1 rings (SSSR count). The largest absolute Gasteiger partial charge is 0.399 e. The molecule has 7 heteroatoms. The third-order valence-corrected chi connectivity index (χ3v) is 3.59. The molecule has 1 amide bonds. The number of halogens is 1. The summed E-state index contributed by atoms with van der Waals surface area (Å²) in [6.07, 6.45) is 0. The lowest BCUT2D eigenvalue weighted by atomic mass is 10.3. The number of methoxy groups -OCH3 is 1. The SMILES string of the molecule is COCCS(=O)CC(=O)Nc1ccc(N)cc1Cl. The summed E-state index contributed by atoms with van der Waals surface area (Å²) in [5, 5.41) is 2.94. The number of anilines is 2. The zero-order chi connectivity index (χ0) is 13.5. The third-order valence-electron chi connectivity index (χ3n) is 2.07. The Morgan fingerprint density at radius 3 is 2.89 bits per heavy atom. The second-order valence-electron chi connectivity index (χ2n) is 3.57. The van der Waals surface area contributed by atoms with Gasteiger partial charge in [0.1, 0.15) is 5.75 Å². The summed E-state index contributed by atoms with van der Waals surface area (Å²) in [5.74, 6) is -0.0974. The van der Waals surface area contributed by atoms with E-state index in [9.17, 15) is 9.00 Å². The molecule has 100 valence electrons. The van der Waals surface area contributed by atoms with Crippen LogP contribution in [0.4, 0.5) is 11.4 Å². The lowest BCUT2D eigenvalue weighted by molar-refractivity contribution is -0.113. The maximum absolute atomic E-state index is 11.6. The number of nitrogen functional groups attached to an aromatic ring is 1. The van der Waals surface area contributed by atoms with Crippen LogP contribution in [0.3, 0.4) is 0 Å². The summed E-state index contributed by atoms with van der Waals surface area (Å²) in [4.78, 5) is 11.6. The second kappa shape index (κ2) is 7.35. The monoisotopic (exact) mass is 290 g/mol. The minimum absolute atomic E-state index is 0.0793. The van der Waals surface area contributed by atoms with Gasteiger partial charge in [0.25, 0.3) is 0 Å². The first-order chi connectivity index (χ1) is 8.52. The summed E-state index contributed by atoms with van der Waals surface area (Å²) < 4.78 is 16.2. The maximum Gasteiger partial charge on any atom is 0.237 e. The van der Waals surface area contributed by atoms with E-state index >= 15 is 0 Å². The van der Waals surface area contributed by atoms with Gasteiger partial charge >= 0.3 is 0 Å². The molecule has 0 radical (unpaired) electrons. The molecule has 0 aliphatic rings. The summed E-state index contributed by atoms with van der Waals surface area (Å²) in [6, 6.07) is 4.77. The molecule has 5 nitrogen and oxygen atoms in total. The predicted octanol–water partition coefficient (Wildman–Crippen LogP) is 1.26. The average Bonchev–Trinajstić information content (AvgIpc) is 2.30. The van der Waals surface area contributed by atoms with Gasteiger partial charge < -0.3 is 15.8 Å². The smallest absolute Gasteiger partial charge is 0.237 e. The van der Waals surface area contributed by atoms with E-state index in [1.54, 1.807) is 18.2 Å². The first kappa shape index (κ1) is 14.9. The Morgan fingerprint density at radius 1 is 1.56 bits per heavy atom. The van der Waals surface area contributed by atoms with Crippen LogP contribution in [0.1, 0.15) is 0 Å². The van der Waals surface area contributed by atoms with Gasteiger partial charge in [0.05, 0.1) is 17.3 Å². The molecular formula is C11H15ClN2O3S. The molecule has 0 saturated heterocycles. The number of hydrogen-bond acceptors (Lipinski definition) is 4. The second-order valence-corrected chi connectivity index (χ2v) is 5.55. The molecule has 0 saturated carbocycles. The van der Waals surface area contributed by atoms with Gasteiger partial charge in [-0.25, -0.2) is 0 Å². The maximum atomic E-state index is 11.6. The van der Waals surface area contributed by atoms with Gasteiger partial charge in [0, 0.05) is 29.3 Å².